The number of hydrogen-bond donors (Lipinski definition) is 2. The summed E-state index contributed by atoms with van der Waals surface area (Å²) < 4.78 is 37.6. The van der Waals surface area contributed by atoms with Crippen LogP contribution in [0.3, 0.4) is 0 Å². The second kappa shape index (κ2) is 6.04. The number of rotatable bonds is 6. The van der Waals surface area contributed by atoms with Crippen molar-refractivity contribution in [1.82, 2.24) is 9.03 Å². The fourth-order valence-electron chi connectivity index (χ4n) is 2.56. The van der Waals surface area contributed by atoms with E-state index in [2.05, 4.69) is 4.72 Å². The van der Waals surface area contributed by atoms with Gasteiger partial charge in [-0.2, -0.15) is 17.4 Å². The van der Waals surface area contributed by atoms with Crippen molar-refractivity contribution in [3.05, 3.63) is 23.3 Å². The van der Waals surface area contributed by atoms with Gasteiger partial charge in [0, 0.05) is 20.6 Å². The molecular weight excluding hydrogens is 308 g/mol. The molecule has 22 heavy (non-hydrogen) atoms. The van der Waals surface area contributed by atoms with Crippen LogP contribution in [-0.4, -0.2) is 52.7 Å². The SMILES string of the molecule is COc1cc2c(cc1OC)C(O)(CNS(=O)(=O)N(C)C)CC2. The third kappa shape index (κ3) is 3.05. The molecule has 0 bridgehead atoms. The zero-order valence-electron chi connectivity index (χ0n) is 13.2. The van der Waals surface area contributed by atoms with Crippen molar-refractivity contribution in [2.24, 2.45) is 0 Å². The van der Waals surface area contributed by atoms with Gasteiger partial charge in [0.25, 0.3) is 10.2 Å². The first-order valence-corrected chi connectivity index (χ1v) is 8.32. The lowest BCUT2D eigenvalue weighted by molar-refractivity contribution is 0.0437. The Hall–Kier alpha value is -1.35. The van der Waals surface area contributed by atoms with Gasteiger partial charge in [-0.15, -0.1) is 0 Å². The van der Waals surface area contributed by atoms with Crippen LogP contribution in [0.15, 0.2) is 12.1 Å². The molecule has 1 aromatic carbocycles. The molecule has 0 aromatic heterocycles. The number of hydrogen-bond acceptors (Lipinski definition) is 5. The van der Waals surface area contributed by atoms with Crippen LogP contribution in [0.4, 0.5) is 0 Å². The molecule has 2 rings (SSSR count). The van der Waals surface area contributed by atoms with E-state index in [1.54, 1.807) is 13.2 Å². The highest BCUT2D eigenvalue weighted by Crippen LogP contribution is 2.42. The van der Waals surface area contributed by atoms with Crippen LogP contribution in [0.1, 0.15) is 17.5 Å². The summed E-state index contributed by atoms with van der Waals surface area (Å²) in [4.78, 5) is 0. The van der Waals surface area contributed by atoms with E-state index in [1.807, 2.05) is 6.07 Å². The molecule has 0 amide bonds. The van der Waals surface area contributed by atoms with Crippen LogP contribution >= 0.6 is 0 Å². The summed E-state index contributed by atoms with van der Waals surface area (Å²) in [6.07, 6.45) is 1.09. The Kier molecular flexibility index (Phi) is 4.67. The highest BCUT2D eigenvalue weighted by Gasteiger charge is 2.38. The van der Waals surface area contributed by atoms with Crippen molar-refractivity contribution in [1.29, 1.82) is 0 Å². The topological polar surface area (TPSA) is 88.1 Å². The Balaban J connectivity index is 2.30. The fraction of sp³-hybridized carbons (Fsp3) is 0.571. The number of benzene rings is 1. The molecule has 7 nitrogen and oxygen atoms in total. The van der Waals surface area contributed by atoms with Gasteiger partial charge in [0.05, 0.1) is 14.2 Å². The summed E-state index contributed by atoms with van der Waals surface area (Å²) in [5.41, 5.74) is 0.355. The molecule has 1 atom stereocenters. The summed E-state index contributed by atoms with van der Waals surface area (Å²) >= 11 is 0. The van der Waals surface area contributed by atoms with Gasteiger partial charge in [0.1, 0.15) is 5.60 Å². The van der Waals surface area contributed by atoms with Crippen molar-refractivity contribution in [2.45, 2.75) is 18.4 Å². The molecule has 2 N–H and O–H groups in total. The normalized spacial score (nSPS) is 21.0. The average molecular weight is 330 g/mol. The zero-order valence-corrected chi connectivity index (χ0v) is 14.0. The monoisotopic (exact) mass is 330 g/mol. The molecule has 1 aliphatic carbocycles. The van der Waals surface area contributed by atoms with E-state index in [0.717, 1.165) is 9.87 Å². The molecular formula is C14H22N2O5S. The van der Waals surface area contributed by atoms with Crippen LogP contribution in [0.2, 0.25) is 0 Å². The maximum absolute atomic E-state index is 11.8. The van der Waals surface area contributed by atoms with E-state index >= 15 is 0 Å². The van der Waals surface area contributed by atoms with E-state index in [-0.39, 0.29) is 6.54 Å². The average Bonchev–Trinajstić information content (AvgIpc) is 2.81. The summed E-state index contributed by atoms with van der Waals surface area (Å²) in [6, 6.07) is 3.54. The quantitative estimate of drug-likeness (QED) is 0.780. The predicted octanol–water partition coefficient (Wildman–Crippen LogP) is 0.234. The number of nitrogens with one attached hydrogen (secondary N) is 1. The Morgan fingerprint density at radius 3 is 2.41 bits per heavy atom. The lowest BCUT2D eigenvalue weighted by atomic mass is 9.96. The highest BCUT2D eigenvalue weighted by molar-refractivity contribution is 7.87. The summed E-state index contributed by atoms with van der Waals surface area (Å²) in [6.45, 7) is -0.0873. The maximum atomic E-state index is 11.8. The number of nitrogens with zero attached hydrogens (tertiary/aromatic N) is 1. The minimum atomic E-state index is -3.59. The molecule has 0 saturated carbocycles. The van der Waals surface area contributed by atoms with Crippen molar-refractivity contribution in [2.75, 3.05) is 34.9 Å². The van der Waals surface area contributed by atoms with Crippen molar-refractivity contribution >= 4 is 10.2 Å². The Morgan fingerprint density at radius 1 is 1.27 bits per heavy atom. The van der Waals surface area contributed by atoms with Gasteiger partial charge in [0.15, 0.2) is 11.5 Å². The zero-order chi connectivity index (χ0) is 16.5. The predicted molar refractivity (Wildman–Crippen MR) is 82.4 cm³/mol. The van der Waals surface area contributed by atoms with Gasteiger partial charge in [-0.1, -0.05) is 0 Å². The maximum Gasteiger partial charge on any atom is 0.279 e. The summed E-state index contributed by atoms with van der Waals surface area (Å²) in [5, 5.41) is 10.8. The van der Waals surface area contributed by atoms with Gasteiger partial charge in [0.2, 0.25) is 0 Å². The molecule has 0 heterocycles. The van der Waals surface area contributed by atoms with Crippen molar-refractivity contribution < 1.29 is 23.0 Å². The van der Waals surface area contributed by atoms with Crippen LogP contribution < -0.4 is 14.2 Å². The first-order chi connectivity index (χ1) is 10.2. The molecule has 0 fully saturated rings. The second-order valence-corrected chi connectivity index (χ2v) is 7.47. The lowest BCUT2D eigenvalue weighted by Gasteiger charge is -2.26. The second-order valence-electron chi connectivity index (χ2n) is 5.50. The molecule has 1 unspecified atom stereocenters. The minimum absolute atomic E-state index is 0.0873. The van der Waals surface area contributed by atoms with Crippen LogP contribution in [-0.2, 0) is 22.2 Å². The van der Waals surface area contributed by atoms with Gasteiger partial charge in [-0.05, 0) is 36.1 Å². The van der Waals surface area contributed by atoms with E-state index < -0.39 is 15.8 Å². The Morgan fingerprint density at radius 2 is 1.86 bits per heavy atom. The summed E-state index contributed by atoms with van der Waals surface area (Å²) in [5.74, 6) is 1.11. The van der Waals surface area contributed by atoms with E-state index in [1.165, 1.54) is 21.2 Å². The number of ether oxygens (including phenoxy) is 2. The van der Waals surface area contributed by atoms with Crippen molar-refractivity contribution in [3.8, 4) is 11.5 Å². The largest absolute Gasteiger partial charge is 0.493 e. The third-order valence-electron chi connectivity index (χ3n) is 3.95. The van der Waals surface area contributed by atoms with Crippen molar-refractivity contribution in [3.63, 3.8) is 0 Å². The number of methoxy groups -OCH3 is 2. The first kappa shape index (κ1) is 17.0. The Bertz CT molecular complexity index is 659. The lowest BCUT2D eigenvalue weighted by Crippen LogP contribution is -2.43. The van der Waals surface area contributed by atoms with Crippen LogP contribution in [0, 0.1) is 0 Å². The molecule has 8 heteroatoms. The Labute approximate surface area is 131 Å². The molecule has 0 spiro atoms. The van der Waals surface area contributed by atoms with E-state index in [9.17, 15) is 13.5 Å². The van der Waals surface area contributed by atoms with Gasteiger partial charge < -0.3 is 14.6 Å². The smallest absolute Gasteiger partial charge is 0.279 e. The molecule has 0 radical (unpaired) electrons. The number of fused-ring (bicyclic) bond motifs is 1. The first-order valence-electron chi connectivity index (χ1n) is 6.88. The van der Waals surface area contributed by atoms with Gasteiger partial charge >= 0.3 is 0 Å². The number of aliphatic hydroxyl groups is 1. The molecule has 0 aliphatic heterocycles. The van der Waals surface area contributed by atoms with Crippen LogP contribution in [0.25, 0.3) is 0 Å². The van der Waals surface area contributed by atoms with E-state index in [4.69, 9.17) is 9.47 Å². The molecule has 1 aliphatic rings. The minimum Gasteiger partial charge on any atom is -0.493 e. The number of aryl methyl sites for hydroxylation is 1. The van der Waals surface area contributed by atoms with E-state index in [0.29, 0.717) is 29.9 Å². The standard InChI is InChI=1S/C14H22N2O5S/c1-16(2)22(18,19)15-9-14(17)6-5-10-7-12(20-3)13(21-4)8-11(10)14/h7-8,15,17H,5-6,9H2,1-4H3. The molecule has 1 aromatic rings. The van der Waals surface area contributed by atoms with Crippen LogP contribution in [0.5, 0.6) is 11.5 Å². The molecule has 0 saturated heterocycles. The third-order valence-corrected chi connectivity index (χ3v) is 5.42. The van der Waals surface area contributed by atoms with Gasteiger partial charge in [-0.3, -0.25) is 0 Å². The highest BCUT2D eigenvalue weighted by atomic mass is 32.2. The summed E-state index contributed by atoms with van der Waals surface area (Å²) in [7, 11) is 2.35. The molecule has 124 valence electrons. The fourth-order valence-corrected chi connectivity index (χ4v) is 3.24. The van der Waals surface area contributed by atoms with Gasteiger partial charge in [-0.25, -0.2) is 0 Å².